The molecule has 39 heavy (non-hydrogen) atoms. The average molecular weight is 570 g/mol. The maximum absolute atomic E-state index is 14.3. The van der Waals surface area contributed by atoms with Crippen molar-refractivity contribution in [3.05, 3.63) is 59.4 Å². The van der Waals surface area contributed by atoms with E-state index in [2.05, 4.69) is 9.47 Å². The molecule has 0 spiro atoms. The number of esters is 2. The van der Waals surface area contributed by atoms with Crippen molar-refractivity contribution in [2.24, 2.45) is 0 Å². The van der Waals surface area contributed by atoms with Gasteiger partial charge in [0, 0.05) is 5.56 Å². The van der Waals surface area contributed by atoms with Gasteiger partial charge in [-0.2, -0.15) is 26.3 Å². The van der Waals surface area contributed by atoms with Crippen molar-refractivity contribution in [2.75, 3.05) is 26.1 Å². The highest BCUT2D eigenvalue weighted by Crippen LogP contribution is 2.43. The number of methoxy groups -OCH3 is 2. The summed E-state index contributed by atoms with van der Waals surface area (Å²) in [6.45, 7) is 0.672. The van der Waals surface area contributed by atoms with Crippen LogP contribution in [0.2, 0.25) is 0 Å². The topological polar surface area (TPSA) is 123 Å². The predicted octanol–water partition coefficient (Wildman–Crippen LogP) is 3.90. The van der Waals surface area contributed by atoms with Gasteiger partial charge in [-0.05, 0) is 36.8 Å². The van der Waals surface area contributed by atoms with Gasteiger partial charge >= 0.3 is 30.3 Å². The van der Waals surface area contributed by atoms with Gasteiger partial charge in [0.05, 0.1) is 26.5 Å². The number of hydrogen-bond acceptors (Lipinski definition) is 7. The molecule has 214 valence electrons. The molecule has 2 rings (SSSR count). The van der Waals surface area contributed by atoms with Crippen molar-refractivity contribution < 1.29 is 64.4 Å². The van der Waals surface area contributed by atoms with E-state index in [0.717, 1.165) is 7.11 Å². The van der Waals surface area contributed by atoms with Gasteiger partial charge < -0.3 is 30.0 Å². The number of carbonyl (C=O) groups is 3. The van der Waals surface area contributed by atoms with Crippen LogP contribution in [-0.4, -0.2) is 56.3 Å². The number of rotatable bonds is 8. The smallest absolute Gasteiger partial charge is 0.432 e. The molecule has 9 nitrogen and oxygen atoms in total. The van der Waals surface area contributed by atoms with E-state index < -0.39 is 76.5 Å². The molecule has 0 saturated heterocycles. The van der Waals surface area contributed by atoms with Gasteiger partial charge in [-0.15, -0.1) is 0 Å². The fraction of sp³-hybridized carbons (Fsp3) is 0.348. The summed E-state index contributed by atoms with van der Waals surface area (Å²) >= 11 is 0. The van der Waals surface area contributed by atoms with E-state index in [0.29, 0.717) is 49.6 Å². The predicted molar refractivity (Wildman–Crippen MR) is 118 cm³/mol. The van der Waals surface area contributed by atoms with Crippen molar-refractivity contribution in [1.82, 2.24) is 5.32 Å². The summed E-state index contributed by atoms with van der Waals surface area (Å²) in [6.07, 6.45) is -11.1. The zero-order valence-electron chi connectivity index (χ0n) is 20.3. The molecule has 0 aromatic heterocycles. The second-order valence-corrected chi connectivity index (χ2v) is 7.67. The second-order valence-electron chi connectivity index (χ2n) is 7.67. The highest BCUT2D eigenvalue weighted by Gasteiger charge is 2.64. The summed E-state index contributed by atoms with van der Waals surface area (Å²) in [5.41, 5.74) is -10.6. The van der Waals surface area contributed by atoms with E-state index in [9.17, 15) is 50.2 Å². The van der Waals surface area contributed by atoms with E-state index >= 15 is 0 Å². The lowest BCUT2D eigenvalue weighted by molar-refractivity contribution is -0.266. The van der Waals surface area contributed by atoms with Crippen LogP contribution in [-0.2, 0) is 30.2 Å². The zero-order valence-corrected chi connectivity index (χ0v) is 20.3. The molecule has 0 aliphatic rings. The summed E-state index contributed by atoms with van der Waals surface area (Å²) in [6, 6.07) is 2.41. The quantitative estimate of drug-likeness (QED) is 0.325. The van der Waals surface area contributed by atoms with Crippen LogP contribution in [0.4, 0.5) is 41.2 Å². The van der Waals surface area contributed by atoms with Crippen molar-refractivity contribution in [2.45, 2.75) is 30.4 Å². The molecule has 3 N–H and O–H groups in total. The number of aliphatic hydroxyl groups is 1. The van der Waals surface area contributed by atoms with Gasteiger partial charge in [-0.25, -0.2) is 18.8 Å². The molecule has 16 heteroatoms. The maximum Gasteiger partial charge on any atom is 0.432 e. The summed E-state index contributed by atoms with van der Waals surface area (Å²) in [7, 11) is 1.50. The Labute approximate surface area is 215 Å². The maximum atomic E-state index is 14.3. The molecule has 2 atom stereocenters. The normalized spacial score (nSPS) is 14.8. The van der Waals surface area contributed by atoms with E-state index in [-0.39, 0.29) is 0 Å². The van der Waals surface area contributed by atoms with Crippen LogP contribution < -0.4 is 15.4 Å². The monoisotopic (exact) mass is 570 g/mol. The Balaban J connectivity index is 2.56. The van der Waals surface area contributed by atoms with Crippen LogP contribution in [0.3, 0.4) is 0 Å². The third kappa shape index (κ3) is 5.84. The molecular formula is C23H21F7N2O7. The Morgan fingerprint density at radius 2 is 1.44 bits per heavy atom. The molecule has 0 saturated carbocycles. The minimum Gasteiger partial charge on any atom is -0.495 e. The number of hydrogen-bond donors (Lipinski definition) is 3. The summed E-state index contributed by atoms with van der Waals surface area (Å²) in [4.78, 5) is 37.1. The van der Waals surface area contributed by atoms with Crippen LogP contribution in [0.25, 0.3) is 0 Å². The number of benzene rings is 2. The van der Waals surface area contributed by atoms with Crippen molar-refractivity contribution in [3.63, 3.8) is 0 Å². The Kier molecular flexibility index (Phi) is 9.06. The number of amides is 2. The van der Waals surface area contributed by atoms with E-state index in [1.807, 2.05) is 5.32 Å². The second kappa shape index (κ2) is 11.3. The lowest BCUT2D eigenvalue weighted by Gasteiger charge is -2.34. The molecule has 2 aromatic rings. The third-order valence-electron chi connectivity index (χ3n) is 5.34. The largest absolute Gasteiger partial charge is 0.495 e. The molecule has 2 unspecified atom stereocenters. The van der Waals surface area contributed by atoms with Gasteiger partial charge in [-0.1, -0.05) is 18.2 Å². The first-order valence-corrected chi connectivity index (χ1v) is 10.6. The summed E-state index contributed by atoms with van der Waals surface area (Å²) in [5, 5.41) is 13.5. The minimum atomic E-state index is -5.57. The molecule has 2 amide bonds. The Hall–Kier alpha value is -4.08. The fourth-order valence-electron chi connectivity index (χ4n) is 3.42. The molecule has 0 aliphatic heterocycles. The Morgan fingerprint density at radius 1 is 0.872 bits per heavy atom. The van der Waals surface area contributed by atoms with Crippen LogP contribution in [0, 0.1) is 5.82 Å². The average Bonchev–Trinajstić information content (AvgIpc) is 2.85. The van der Waals surface area contributed by atoms with Crippen LogP contribution in [0.1, 0.15) is 18.1 Å². The van der Waals surface area contributed by atoms with Gasteiger partial charge in [0.1, 0.15) is 11.6 Å². The van der Waals surface area contributed by atoms with Crippen molar-refractivity contribution >= 4 is 23.7 Å². The minimum absolute atomic E-state index is 0.488. The first kappa shape index (κ1) is 31.1. The summed E-state index contributed by atoms with van der Waals surface area (Å²) in [5.74, 6) is -5.64. The van der Waals surface area contributed by atoms with Crippen LogP contribution in [0.15, 0.2) is 42.5 Å². The molecule has 0 bridgehead atoms. The van der Waals surface area contributed by atoms with E-state index in [4.69, 9.17) is 4.74 Å². The highest BCUT2D eigenvalue weighted by atomic mass is 19.4. The molecule has 0 radical (unpaired) electrons. The number of alkyl halides is 6. The van der Waals surface area contributed by atoms with Gasteiger partial charge in [0.25, 0.3) is 11.1 Å². The molecule has 0 aliphatic carbocycles. The lowest BCUT2D eigenvalue weighted by Crippen LogP contribution is -2.62. The van der Waals surface area contributed by atoms with Crippen LogP contribution >= 0.6 is 0 Å². The number of nitrogens with one attached hydrogen (secondary N) is 2. The standard InChI is InChI=1S/C23H21F7N2O7/c1-4-39-17(33)20(22(25,26)27,12-5-8-14(24)9-6-12)32-19(35)31-15-10-7-13(11-16(15)37-2)21(36,18(34)38-3)23(28,29)30/h5-11,36H,4H2,1-3H3,(H2,31,32,35). The molecule has 2 aromatic carbocycles. The van der Waals surface area contributed by atoms with E-state index in [1.165, 1.54) is 12.2 Å². The highest BCUT2D eigenvalue weighted by molar-refractivity contribution is 5.96. The van der Waals surface area contributed by atoms with Crippen molar-refractivity contribution in [1.29, 1.82) is 0 Å². The first-order chi connectivity index (χ1) is 18.0. The van der Waals surface area contributed by atoms with Crippen molar-refractivity contribution in [3.8, 4) is 5.75 Å². The molecule has 0 heterocycles. The first-order valence-electron chi connectivity index (χ1n) is 10.6. The van der Waals surface area contributed by atoms with Gasteiger partial charge in [0.2, 0.25) is 0 Å². The summed E-state index contributed by atoms with van der Waals surface area (Å²) < 4.78 is 111. The number of carbonyl (C=O) groups excluding carboxylic acids is 3. The number of anilines is 1. The zero-order chi connectivity index (χ0) is 29.8. The molecular weight excluding hydrogens is 549 g/mol. The molecule has 0 fully saturated rings. The Morgan fingerprint density at radius 3 is 1.90 bits per heavy atom. The van der Waals surface area contributed by atoms with Gasteiger partial charge in [0.15, 0.2) is 0 Å². The fourth-order valence-corrected chi connectivity index (χ4v) is 3.42. The van der Waals surface area contributed by atoms with Gasteiger partial charge in [-0.3, -0.25) is 0 Å². The number of urea groups is 1. The number of ether oxygens (including phenoxy) is 3. The number of halogens is 7. The lowest BCUT2D eigenvalue weighted by atomic mass is 9.89. The third-order valence-corrected chi connectivity index (χ3v) is 5.34. The Bertz CT molecular complexity index is 1220. The van der Waals surface area contributed by atoms with Crippen LogP contribution in [0.5, 0.6) is 5.75 Å². The van der Waals surface area contributed by atoms with E-state index in [1.54, 1.807) is 0 Å². The SMILES string of the molecule is CCOC(=O)C(NC(=O)Nc1ccc(C(O)(C(=O)OC)C(F)(F)F)cc1OC)(c1ccc(F)cc1)C(F)(F)F.